The van der Waals surface area contributed by atoms with E-state index in [2.05, 4.69) is 31.9 Å². The predicted molar refractivity (Wildman–Crippen MR) is 69.7 cm³/mol. The normalized spacial score (nSPS) is 15.0. The smallest absolute Gasteiger partial charge is 0.0732 e. The fourth-order valence-electron chi connectivity index (χ4n) is 1.47. The van der Waals surface area contributed by atoms with Crippen LogP contribution in [-0.2, 0) is 0 Å². The minimum Gasteiger partial charge on any atom is -0.391 e. The van der Waals surface area contributed by atoms with E-state index in [9.17, 15) is 5.11 Å². The van der Waals surface area contributed by atoms with Gasteiger partial charge in [-0.1, -0.05) is 45.2 Å². The molecule has 0 heterocycles. The van der Waals surface area contributed by atoms with E-state index < -0.39 is 6.10 Å². The molecule has 84 valence electrons. The average molecular weight is 337 g/mol. The molecule has 1 rings (SSSR count). The van der Waals surface area contributed by atoms with E-state index in [0.717, 1.165) is 27.4 Å². The number of hydrogen-bond donors (Lipinski definition) is 2. The van der Waals surface area contributed by atoms with E-state index in [-0.39, 0.29) is 6.04 Å². The molecule has 2 atom stereocenters. The zero-order valence-corrected chi connectivity index (χ0v) is 11.8. The molecule has 0 radical (unpaired) electrons. The second-order valence-corrected chi connectivity index (χ2v) is 5.42. The van der Waals surface area contributed by atoms with Gasteiger partial charge in [-0.3, -0.25) is 0 Å². The summed E-state index contributed by atoms with van der Waals surface area (Å²) in [6.45, 7) is 2.03. The zero-order valence-electron chi connectivity index (χ0n) is 8.58. The summed E-state index contributed by atoms with van der Waals surface area (Å²) in [5, 5.41) is 9.80. The molecule has 0 fully saturated rings. The lowest BCUT2D eigenvalue weighted by atomic mass is 9.99. The first kappa shape index (κ1) is 13.2. The highest BCUT2D eigenvalue weighted by Gasteiger charge is 2.16. The van der Waals surface area contributed by atoms with E-state index in [0.29, 0.717) is 0 Å². The second kappa shape index (κ2) is 5.99. The van der Waals surface area contributed by atoms with Crippen LogP contribution in [0.15, 0.2) is 27.1 Å². The largest absolute Gasteiger partial charge is 0.391 e. The van der Waals surface area contributed by atoms with Crippen LogP contribution >= 0.6 is 31.9 Å². The van der Waals surface area contributed by atoms with Crippen LogP contribution in [0.25, 0.3) is 0 Å². The van der Waals surface area contributed by atoms with Gasteiger partial charge >= 0.3 is 0 Å². The van der Waals surface area contributed by atoms with Gasteiger partial charge in [0, 0.05) is 8.95 Å². The summed E-state index contributed by atoms with van der Waals surface area (Å²) in [4.78, 5) is 0. The average Bonchev–Trinajstić information content (AvgIpc) is 2.15. The van der Waals surface area contributed by atoms with E-state index in [1.807, 2.05) is 25.1 Å². The third kappa shape index (κ3) is 3.87. The lowest BCUT2D eigenvalue weighted by molar-refractivity contribution is 0.134. The molecule has 0 aliphatic heterocycles. The third-order valence-corrected chi connectivity index (χ3v) is 3.18. The van der Waals surface area contributed by atoms with Crippen LogP contribution in [0.4, 0.5) is 0 Å². The van der Waals surface area contributed by atoms with Crippen molar-refractivity contribution in [2.45, 2.75) is 31.9 Å². The van der Waals surface area contributed by atoms with Gasteiger partial charge in [-0.15, -0.1) is 0 Å². The van der Waals surface area contributed by atoms with Crippen LogP contribution in [0.1, 0.15) is 31.4 Å². The highest BCUT2D eigenvalue weighted by Crippen LogP contribution is 2.25. The van der Waals surface area contributed by atoms with E-state index >= 15 is 0 Å². The number of hydrogen-bond acceptors (Lipinski definition) is 2. The third-order valence-electron chi connectivity index (χ3n) is 2.27. The Kier molecular flexibility index (Phi) is 5.26. The van der Waals surface area contributed by atoms with E-state index in [1.54, 1.807) is 0 Å². The van der Waals surface area contributed by atoms with Gasteiger partial charge in [0.1, 0.15) is 0 Å². The Morgan fingerprint density at radius 3 is 2.27 bits per heavy atom. The number of nitrogens with two attached hydrogens (primary N) is 1. The van der Waals surface area contributed by atoms with Crippen LogP contribution in [0, 0.1) is 0 Å². The standard InChI is InChI=1S/C11H15Br2NO/c1-2-3-10(15)11(14)7-4-8(12)6-9(13)5-7/h4-6,10-11,15H,2-3,14H2,1H3/t10-,11+/m0/s1. The summed E-state index contributed by atoms with van der Waals surface area (Å²) >= 11 is 6.80. The molecule has 0 spiro atoms. The Labute approximate surface area is 107 Å². The van der Waals surface area contributed by atoms with Gasteiger partial charge in [0.15, 0.2) is 0 Å². The summed E-state index contributed by atoms with van der Waals surface area (Å²) in [7, 11) is 0. The predicted octanol–water partition coefficient (Wildman–Crippen LogP) is 3.37. The van der Waals surface area contributed by atoms with Crippen molar-refractivity contribution < 1.29 is 5.11 Å². The van der Waals surface area contributed by atoms with Crippen molar-refractivity contribution in [1.29, 1.82) is 0 Å². The lowest BCUT2D eigenvalue weighted by Crippen LogP contribution is -2.25. The molecule has 2 nitrogen and oxygen atoms in total. The van der Waals surface area contributed by atoms with Gasteiger partial charge in [-0.25, -0.2) is 0 Å². The van der Waals surface area contributed by atoms with Crippen molar-refractivity contribution >= 4 is 31.9 Å². The van der Waals surface area contributed by atoms with Crippen molar-refractivity contribution in [2.24, 2.45) is 5.73 Å². The summed E-state index contributed by atoms with van der Waals surface area (Å²) in [6, 6.07) is 5.50. The maximum atomic E-state index is 9.80. The topological polar surface area (TPSA) is 46.2 Å². The molecule has 1 aromatic rings. The molecule has 0 bridgehead atoms. The van der Waals surface area contributed by atoms with Crippen LogP contribution in [0.3, 0.4) is 0 Å². The number of halogens is 2. The number of aliphatic hydroxyl groups excluding tert-OH is 1. The van der Waals surface area contributed by atoms with Gasteiger partial charge in [0.05, 0.1) is 12.1 Å². The van der Waals surface area contributed by atoms with Crippen molar-refractivity contribution in [2.75, 3.05) is 0 Å². The molecular formula is C11H15Br2NO. The van der Waals surface area contributed by atoms with E-state index in [1.165, 1.54) is 0 Å². The Bertz CT molecular complexity index is 310. The minimum atomic E-state index is -0.476. The lowest BCUT2D eigenvalue weighted by Gasteiger charge is -2.19. The second-order valence-electron chi connectivity index (χ2n) is 3.58. The molecule has 0 aromatic heterocycles. The Hall–Kier alpha value is 0.1000. The Morgan fingerprint density at radius 2 is 1.80 bits per heavy atom. The first-order chi connectivity index (χ1) is 7.04. The number of aliphatic hydroxyl groups is 1. The molecule has 0 unspecified atom stereocenters. The molecule has 0 aliphatic rings. The van der Waals surface area contributed by atoms with Crippen molar-refractivity contribution in [3.63, 3.8) is 0 Å². The van der Waals surface area contributed by atoms with Crippen LogP contribution in [0.5, 0.6) is 0 Å². The monoisotopic (exact) mass is 335 g/mol. The molecule has 15 heavy (non-hydrogen) atoms. The number of benzene rings is 1. The first-order valence-electron chi connectivity index (χ1n) is 4.94. The molecule has 4 heteroatoms. The van der Waals surface area contributed by atoms with Crippen molar-refractivity contribution in [3.05, 3.63) is 32.7 Å². The zero-order chi connectivity index (χ0) is 11.4. The van der Waals surface area contributed by atoms with Crippen LogP contribution < -0.4 is 5.73 Å². The van der Waals surface area contributed by atoms with E-state index in [4.69, 9.17) is 5.73 Å². The quantitative estimate of drug-likeness (QED) is 0.885. The Morgan fingerprint density at radius 1 is 1.27 bits per heavy atom. The summed E-state index contributed by atoms with van der Waals surface area (Å²) in [5.41, 5.74) is 6.91. The molecule has 0 amide bonds. The molecule has 0 saturated carbocycles. The maximum Gasteiger partial charge on any atom is 0.0732 e. The van der Waals surface area contributed by atoms with Crippen LogP contribution in [-0.4, -0.2) is 11.2 Å². The summed E-state index contributed by atoms with van der Waals surface area (Å²) < 4.78 is 1.93. The SMILES string of the molecule is CCC[C@H](O)[C@H](N)c1cc(Br)cc(Br)c1. The molecule has 3 N–H and O–H groups in total. The van der Waals surface area contributed by atoms with Crippen molar-refractivity contribution in [3.8, 4) is 0 Å². The number of rotatable bonds is 4. The van der Waals surface area contributed by atoms with Gasteiger partial charge in [0.25, 0.3) is 0 Å². The highest BCUT2D eigenvalue weighted by molar-refractivity contribution is 9.11. The fraction of sp³-hybridized carbons (Fsp3) is 0.455. The maximum absolute atomic E-state index is 9.80. The van der Waals surface area contributed by atoms with Crippen molar-refractivity contribution in [1.82, 2.24) is 0 Å². The van der Waals surface area contributed by atoms with Gasteiger partial charge in [0.2, 0.25) is 0 Å². The Balaban J connectivity index is 2.85. The van der Waals surface area contributed by atoms with Gasteiger partial charge < -0.3 is 10.8 Å². The molecule has 1 aromatic carbocycles. The minimum absolute atomic E-state index is 0.321. The molecular weight excluding hydrogens is 322 g/mol. The fourth-order valence-corrected chi connectivity index (χ4v) is 2.79. The first-order valence-corrected chi connectivity index (χ1v) is 6.52. The highest BCUT2D eigenvalue weighted by atomic mass is 79.9. The van der Waals surface area contributed by atoms with Gasteiger partial charge in [-0.2, -0.15) is 0 Å². The molecule has 0 saturated heterocycles. The summed E-state index contributed by atoms with van der Waals surface area (Å²) in [5.74, 6) is 0. The summed E-state index contributed by atoms with van der Waals surface area (Å²) in [6.07, 6.45) is 1.19. The van der Waals surface area contributed by atoms with Gasteiger partial charge in [-0.05, 0) is 30.2 Å². The van der Waals surface area contributed by atoms with Crippen LogP contribution in [0.2, 0.25) is 0 Å². The molecule has 0 aliphatic carbocycles.